The number of hydrogen-bond donors (Lipinski definition) is 1. The molecular formula is C18H21N5O. The molecule has 0 radical (unpaired) electrons. The van der Waals surface area contributed by atoms with Gasteiger partial charge in [0.25, 0.3) is 5.91 Å². The Morgan fingerprint density at radius 3 is 2.92 bits per heavy atom. The van der Waals surface area contributed by atoms with E-state index in [1.165, 1.54) is 0 Å². The number of hydrogen-bond acceptors (Lipinski definition) is 3. The number of amides is 1. The minimum absolute atomic E-state index is 0.0822. The quantitative estimate of drug-likeness (QED) is 0.785. The highest BCUT2D eigenvalue weighted by molar-refractivity contribution is 5.98. The van der Waals surface area contributed by atoms with Crippen molar-refractivity contribution in [3.63, 3.8) is 0 Å². The minimum atomic E-state index is 0.0822. The molecule has 6 heteroatoms. The van der Waals surface area contributed by atoms with E-state index in [1.807, 2.05) is 59.4 Å². The van der Waals surface area contributed by atoms with Gasteiger partial charge in [0.15, 0.2) is 0 Å². The lowest BCUT2D eigenvalue weighted by molar-refractivity contribution is 0.0529. The van der Waals surface area contributed by atoms with Gasteiger partial charge in [0.2, 0.25) is 0 Å². The number of rotatable bonds is 2. The van der Waals surface area contributed by atoms with Gasteiger partial charge in [-0.15, -0.1) is 0 Å². The molecule has 1 aliphatic heterocycles. The summed E-state index contributed by atoms with van der Waals surface area (Å²) >= 11 is 0. The molecule has 0 saturated carbocycles. The Morgan fingerprint density at radius 2 is 2.12 bits per heavy atom. The van der Waals surface area contributed by atoms with Crippen molar-refractivity contribution in [2.24, 2.45) is 7.05 Å². The van der Waals surface area contributed by atoms with Gasteiger partial charge in [0.05, 0.1) is 6.04 Å². The highest BCUT2D eigenvalue weighted by Crippen LogP contribution is 2.24. The standard InChI is InChI=1S/C18H21N5O/c1-21-9-10-23(12-16(21)17-20-7-8-22(17)2)18(24)14-4-3-13-5-6-19-15(13)11-14/h3-8,11,16,19H,9-10,12H2,1-2H3. The van der Waals surface area contributed by atoms with Crippen LogP contribution in [-0.4, -0.2) is 56.9 Å². The molecule has 0 spiro atoms. The molecule has 1 saturated heterocycles. The van der Waals surface area contributed by atoms with Crippen LogP contribution in [0.4, 0.5) is 0 Å². The molecule has 0 bridgehead atoms. The van der Waals surface area contributed by atoms with Gasteiger partial charge in [0, 0.05) is 56.4 Å². The molecule has 1 aromatic carbocycles. The summed E-state index contributed by atoms with van der Waals surface area (Å²) in [5.41, 5.74) is 1.73. The number of aromatic amines is 1. The monoisotopic (exact) mass is 323 g/mol. The first kappa shape index (κ1) is 15.0. The molecule has 124 valence electrons. The molecule has 1 atom stereocenters. The smallest absolute Gasteiger partial charge is 0.254 e. The number of aromatic nitrogens is 3. The number of carbonyl (C=O) groups excluding carboxylic acids is 1. The molecular weight excluding hydrogens is 302 g/mol. The second-order valence-corrected chi connectivity index (χ2v) is 6.42. The zero-order valence-corrected chi connectivity index (χ0v) is 13.9. The Morgan fingerprint density at radius 1 is 1.25 bits per heavy atom. The number of nitrogens with one attached hydrogen (secondary N) is 1. The zero-order valence-electron chi connectivity index (χ0n) is 13.9. The molecule has 3 heterocycles. The van der Waals surface area contributed by atoms with E-state index in [4.69, 9.17) is 0 Å². The summed E-state index contributed by atoms with van der Waals surface area (Å²) in [5.74, 6) is 1.08. The maximum Gasteiger partial charge on any atom is 0.254 e. The van der Waals surface area contributed by atoms with E-state index >= 15 is 0 Å². The highest BCUT2D eigenvalue weighted by atomic mass is 16.2. The minimum Gasteiger partial charge on any atom is -0.361 e. The molecule has 6 nitrogen and oxygen atoms in total. The Hall–Kier alpha value is -2.60. The number of nitrogens with zero attached hydrogens (tertiary/aromatic N) is 4. The summed E-state index contributed by atoms with van der Waals surface area (Å²) in [6.45, 7) is 2.23. The summed E-state index contributed by atoms with van der Waals surface area (Å²) in [7, 11) is 4.09. The van der Waals surface area contributed by atoms with Gasteiger partial charge in [0.1, 0.15) is 5.82 Å². The van der Waals surface area contributed by atoms with Gasteiger partial charge < -0.3 is 14.5 Å². The first-order valence-electron chi connectivity index (χ1n) is 8.17. The van der Waals surface area contributed by atoms with E-state index in [0.29, 0.717) is 6.54 Å². The fraction of sp³-hybridized carbons (Fsp3) is 0.333. The molecule has 1 amide bonds. The third-order valence-corrected chi connectivity index (χ3v) is 4.89. The molecule has 2 aromatic heterocycles. The third-order valence-electron chi connectivity index (χ3n) is 4.89. The van der Waals surface area contributed by atoms with Crippen LogP contribution >= 0.6 is 0 Å². The summed E-state index contributed by atoms with van der Waals surface area (Å²) in [6, 6.07) is 7.97. The molecule has 1 aliphatic rings. The van der Waals surface area contributed by atoms with Crippen LogP contribution in [-0.2, 0) is 7.05 Å². The fourth-order valence-electron chi connectivity index (χ4n) is 3.40. The SMILES string of the molecule is CN1CCN(C(=O)c2ccc3cc[nH]c3c2)CC1c1nccn1C. The number of carbonyl (C=O) groups is 1. The lowest BCUT2D eigenvalue weighted by Gasteiger charge is -2.39. The molecule has 1 N–H and O–H groups in total. The van der Waals surface area contributed by atoms with Gasteiger partial charge in [-0.2, -0.15) is 0 Å². The Bertz CT molecular complexity index is 880. The Balaban J connectivity index is 1.59. The zero-order chi connectivity index (χ0) is 16.7. The predicted octanol–water partition coefficient (Wildman–Crippen LogP) is 2.03. The number of imidazole rings is 1. The second-order valence-electron chi connectivity index (χ2n) is 6.42. The normalized spacial score (nSPS) is 19.1. The van der Waals surface area contributed by atoms with E-state index in [0.717, 1.165) is 35.4 Å². The van der Waals surface area contributed by atoms with Crippen LogP contribution < -0.4 is 0 Å². The van der Waals surface area contributed by atoms with Crippen LogP contribution in [0.5, 0.6) is 0 Å². The van der Waals surface area contributed by atoms with Gasteiger partial charge in [-0.25, -0.2) is 4.98 Å². The number of likely N-dealkylation sites (N-methyl/N-ethyl adjacent to an activating group) is 1. The lowest BCUT2D eigenvalue weighted by atomic mass is 10.1. The van der Waals surface area contributed by atoms with Crippen molar-refractivity contribution in [3.05, 3.63) is 54.2 Å². The van der Waals surface area contributed by atoms with Crippen LogP contribution in [0.1, 0.15) is 22.2 Å². The van der Waals surface area contributed by atoms with Crippen LogP contribution in [0.2, 0.25) is 0 Å². The van der Waals surface area contributed by atoms with E-state index in [1.54, 1.807) is 0 Å². The van der Waals surface area contributed by atoms with Crippen molar-refractivity contribution in [1.29, 1.82) is 0 Å². The topological polar surface area (TPSA) is 57.2 Å². The first-order chi connectivity index (χ1) is 11.6. The summed E-state index contributed by atoms with van der Waals surface area (Å²) in [5, 5.41) is 1.12. The lowest BCUT2D eigenvalue weighted by Crippen LogP contribution is -2.49. The molecule has 4 rings (SSSR count). The third kappa shape index (κ3) is 2.49. The fourth-order valence-corrected chi connectivity index (χ4v) is 3.40. The molecule has 0 aliphatic carbocycles. The van der Waals surface area contributed by atoms with Crippen molar-refractivity contribution in [1.82, 2.24) is 24.3 Å². The van der Waals surface area contributed by atoms with Gasteiger partial charge in [-0.05, 0) is 30.6 Å². The van der Waals surface area contributed by atoms with E-state index in [9.17, 15) is 4.79 Å². The van der Waals surface area contributed by atoms with Gasteiger partial charge in [-0.3, -0.25) is 9.69 Å². The number of fused-ring (bicyclic) bond motifs is 1. The van der Waals surface area contributed by atoms with Crippen molar-refractivity contribution < 1.29 is 4.79 Å². The van der Waals surface area contributed by atoms with Crippen molar-refractivity contribution >= 4 is 16.8 Å². The Kier molecular flexibility index (Phi) is 3.61. The van der Waals surface area contributed by atoms with Crippen LogP contribution in [0, 0.1) is 0 Å². The number of aryl methyl sites for hydroxylation is 1. The number of benzene rings is 1. The van der Waals surface area contributed by atoms with Gasteiger partial charge >= 0.3 is 0 Å². The first-order valence-corrected chi connectivity index (χ1v) is 8.17. The molecule has 1 fully saturated rings. The molecule has 24 heavy (non-hydrogen) atoms. The van der Waals surface area contributed by atoms with Crippen molar-refractivity contribution in [2.45, 2.75) is 6.04 Å². The van der Waals surface area contributed by atoms with E-state index in [2.05, 4.69) is 21.9 Å². The van der Waals surface area contributed by atoms with E-state index in [-0.39, 0.29) is 11.9 Å². The molecule has 1 unspecified atom stereocenters. The number of piperazine rings is 1. The van der Waals surface area contributed by atoms with Crippen molar-refractivity contribution in [2.75, 3.05) is 26.7 Å². The number of H-pyrrole nitrogens is 1. The Labute approximate surface area is 140 Å². The van der Waals surface area contributed by atoms with Crippen LogP contribution in [0.25, 0.3) is 10.9 Å². The summed E-state index contributed by atoms with van der Waals surface area (Å²) < 4.78 is 2.03. The van der Waals surface area contributed by atoms with Crippen LogP contribution in [0.15, 0.2) is 42.9 Å². The maximum atomic E-state index is 12.9. The second kappa shape index (κ2) is 5.79. The van der Waals surface area contributed by atoms with Crippen molar-refractivity contribution in [3.8, 4) is 0 Å². The average molecular weight is 323 g/mol. The van der Waals surface area contributed by atoms with E-state index < -0.39 is 0 Å². The summed E-state index contributed by atoms with van der Waals surface area (Å²) in [6.07, 6.45) is 5.65. The molecule has 3 aromatic rings. The summed E-state index contributed by atoms with van der Waals surface area (Å²) in [4.78, 5) is 24.8. The largest absolute Gasteiger partial charge is 0.361 e. The predicted molar refractivity (Wildman–Crippen MR) is 92.8 cm³/mol. The maximum absolute atomic E-state index is 12.9. The van der Waals surface area contributed by atoms with Crippen LogP contribution in [0.3, 0.4) is 0 Å². The highest BCUT2D eigenvalue weighted by Gasteiger charge is 2.31. The van der Waals surface area contributed by atoms with Gasteiger partial charge in [-0.1, -0.05) is 6.07 Å². The average Bonchev–Trinajstić information content (AvgIpc) is 3.22.